The largest absolute Gasteiger partial charge is 0.293 e. The topological polar surface area (TPSA) is 59.3 Å². The highest BCUT2D eigenvalue weighted by molar-refractivity contribution is 7.15. The smallest absolute Gasteiger partial charge is 0.250 e. The van der Waals surface area contributed by atoms with Gasteiger partial charge in [0.2, 0.25) is 16.8 Å². The third kappa shape index (κ3) is 3.24. The molecule has 0 saturated carbocycles. The number of nitrogens with zero attached hydrogens (tertiary/aromatic N) is 3. The van der Waals surface area contributed by atoms with E-state index in [1.807, 2.05) is 11.4 Å². The Morgan fingerprint density at radius 2 is 2.12 bits per heavy atom. The van der Waals surface area contributed by atoms with Gasteiger partial charge < -0.3 is 0 Å². The lowest BCUT2D eigenvalue weighted by molar-refractivity contribution is -0.123. The van der Waals surface area contributed by atoms with Gasteiger partial charge in [0.25, 0.3) is 0 Å². The van der Waals surface area contributed by atoms with Gasteiger partial charge in [0.15, 0.2) is 0 Å². The van der Waals surface area contributed by atoms with Crippen LogP contribution in [0, 0.1) is 5.41 Å². The van der Waals surface area contributed by atoms with Crippen molar-refractivity contribution >= 4 is 63.0 Å². The average molecular weight is 404 g/mol. The van der Waals surface area contributed by atoms with Crippen LogP contribution < -0.4 is 5.32 Å². The van der Waals surface area contributed by atoms with Crippen molar-refractivity contribution in [2.45, 2.75) is 13.8 Å². The lowest BCUT2D eigenvalue weighted by Gasteiger charge is -2.18. The molecule has 3 aromatic rings. The van der Waals surface area contributed by atoms with Crippen LogP contribution in [0.2, 0.25) is 10.0 Å². The number of halogens is 3. The molecule has 9 heteroatoms. The molecule has 5 nitrogen and oxygen atoms in total. The van der Waals surface area contributed by atoms with E-state index < -0.39 is 5.41 Å². The first-order valence-electron chi connectivity index (χ1n) is 6.99. The van der Waals surface area contributed by atoms with Crippen molar-refractivity contribution < 1.29 is 4.79 Å². The second-order valence-electron chi connectivity index (χ2n) is 5.85. The SMILES string of the molecule is CC(C)(CCl)C(=O)Nc1nc2scc(-c3ccc(Cl)cc3Cl)n2n1. The van der Waals surface area contributed by atoms with Crippen LogP contribution >= 0.6 is 46.1 Å². The van der Waals surface area contributed by atoms with E-state index in [0.29, 0.717) is 15.0 Å². The van der Waals surface area contributed by atoms with Gasteiger partial charge in [0.1, 0.15) is 0 Å². The maximum absolute atomic E-state index is 12.2. The van der Waals surface area contributed by atoms with Gasteiger partial charge in [0.05, 0.1) is 16.1 Å². The lowest BCUT2D eigenvalue weighted by atomic mass is 9.95. The number of hydrogen-bond acceptors (Lipinski definition) is 4. The number of alkyl halides is 1. The summed E-state index contributed by atoms with van der Waals surface area (Å²) in [6, 6.07) is 5.25. The quantitative estimate of drug-likeness (QED) is 0.626. The van der Waals surface area contributed by atoms with Gasteiger partial charge in [-0.1, -0.05) is 23.2 Å². The van der Waals surface area contributed by atoms with E-state index in [0.717, 1.165) is 11.3 Å². The minimum absolute atomic E-state index is 0.201. The second kappa shape index (κ2) is 6.52. The Morgan fingerprint density at radius 3 is 2.79 bits per heavy atom. The number of anilines is 1. The zero-order chi connectivity index (χ0) is 17.5. The third-order valence-corrected chi connectivity index (χ3v) is 5.49. The number of thiazole rings is 1. The van der Waals surface area contributed by atoms with Gasteiger partial charge in [-0.3, -0.25) is 10.1 Å². The molecule has 0 spiro atoms. The summed E-state index contributed by atoms with van der Waals surface area (Å²) in [6.45, 7) is 3.51. The molecule has 0 radical (unpaired) electrons. The summed E-state index contributed by atoms with van der Waals surface area (Å²) in [5, 5.41) is 10.0. The third-order valence-electron chi connectivity index (χ3n) is 3.46. The summed E-state index contributed by atoms with van der Waals surface area (Å²) in [5.74, 6) is 0.199. The molecular formula is C15H13Cl3N4OS. The number of amides is 1. The summed E-state index contributed by atoms with van der Waals surface area (Å²) in [5.41, 5.74) is 0.861. The number of nitrogens with one attached hydrogen (secondary N) is 1. The number of aromatic nitrogens is 3. The van der Waals surface area contributed by atoms with Crippen LogP contribution in [-0.4, -0.2) is 26.4 Å². The van der Waals surface area contributed by atoms with E-state index in [1.54, 1.807) is 30.5 Å². The van der Waals surface area contributed by atoms with Crippen molar-refractivity contribution in [3.8, 4) is 11.3 Å². The number of benzene rings is 1. The van der Waals surface area contributed by atoms with E-state index >= 15 is 0 Å². The molecule has 2 heterocycles. The van der Waals surface area contributed by atoms with Gasteiger partial charge in [-0.25, -0.2) is 4.52 Å². The molecule has 0 bridgehead atoms. The Labute approximate surface area is 157 Å². The van der Waals surface area contributed by atoms with Gasteiger partial charge in [-0.2, -0.15) is 4.98 Å². The fourth-order valence-electron chi connectivity index (χ4n) is 1.95. The molecule has 0 fully saturated rings. The highest BCUT2D eigenvalue weighted by Crippen LogP contribution is 2.33. The van der Waals surface area contributed by atoms with E-state index in [9.17, 15) is 4.79 Å². The number of carbonyl (C=O) groups is 1. The van der Waals surface area contributed by atoms with Crippen LogP contribution in [0.15, 0.2) is 23.6 Å². The fraction of sp³-hybridized carbons (Fsp3) is 0.267. The van der Waals surface area contributed by atoms with Crippen molar-refractivity contribution in [3.05, 3.63) is 33.6 Å². The fourth-order valence-corrected chi connectivity index (χ4v) is 3.40. The first-order chi connectivity index (χ1) is 11.3. The van der Waals surface area contributed by atoms with Crippen LogP contribution in [0.25, 0.3) is 16.2 Å². The Bertz CT molecular complexity index is 919. The van der Waals surface area contributed by atoms with Crippen LogP contribution in [-0.2, 0) is 4.79 Å². The summed E-state index contributed by atoms with van der Waals surface area (Å²) >= 11 is 19.4. The van der Waals surface area contributed by atoms with Crippen LogP contribution in [0.5, 0.6) is 0 Å². The summed E-state index contributed by atoms with van der Waals surface area (Å²) < 4.78 is 1.64. The minimum Gasteiger partial charge on any atom is -0.293 e. The van der Waals surface area contributed by atoms with E-state index in [2.05, 4.69) is 15.4 Å². The molecule has 1 N–H and O–H groups in total. The zero-order valence-electron chi connectivity index (χ0n) is 12.8. The lowest BCUT2D eigenvalue weighted by Crippen LogP contribution is -2.32. The average Bonchev–Trinajstić information content (AvgIpc) is 3.07. The molecule has 24 heavy (non-hydrogen) atoms. The van der Waals surface area contributed by atoms with E-state index in [4.69, 9.17) is 34.8 Å². The molecule has 1 amide bonds. The summed E-state index contributed by atoms with van der Waals surface area (Å²) in [7, 11) is 0. The van der Waals surface area contributed by atoms with Crippen LogP contribution in [0.3, 0.4) is 0 Å². The minimum atomic E-state index is -0.706. The predicted molar refractivity (Wildman–Crippen MR) is 99.5 cm³/mol. The first kappa shape index (κ1) is 17.5. The van der Waals surface area contributed by atoms with Gasteiger partial charge >= 0.3 is 0 Å². The monoisotopic (exact) mass is 402 g/mol. The van der Waals surface area contributed by atoms with Gasteiger partial charge in [-0.15, -0.1) is 28.0 Å². The Morgan fingerprint density at radius 1 is 1.38 bits per heavy atom. The van der Waals surface area contributed by atoms with Crippen LogP contribution in [0.4, 0.5) is 5.95 Å². The normalized spacial score (nSPS) is 11.9. The molecule has 0 saturated heterocycles. The Hall–Kier alpha value is -1.34. The Balaban J connectivity index is 1.96. The molecule has 2 aromatic heterocycles. The predicted octanol–water partition coefficient (Wildman–Crippen LogP) is 4.97. The van der Waals surface area contributed by atoms with Gasteiger partial charge in [0, 0.05) is 21.8 Å². The van der Waals surface area contributed by atoms with E-state index in [-0.39, 0.29) is 17.7 Å². The maximum Gasteiger partial charge on any atom is 0.250 e. The number of hydrogen-bond donors (Lipinski definition) is 1. The molecule has 126 valence electrons. The molecule has 3 rings (SSSR count). The van der Waals surface area contributed by atoms with Gasteiger partial charge in [-0.05, 0) is 32.0 Å². The van der Waals surface area contributed by atoms with Crippen LogP contribution in [0.1, 0.15) is 13.8 Å². The van der Waals surface area contributed by atoms with Crippen molar-refractivity contribution in [1.29, 1.82) is 0 Å². The maximum atomic E-state index is 12.2. The summed E-state index contributed by atoms with van der Waals surface area (Å²) in [4.78, 5) is 17.2. The molecule has 0 aliphatic heterocycles. The number of fused-ring (bicyclic) bond motifs is 1. The molecule has 0 unspecified atom stereocenters. The number of carbonyl (C=O) groups excluding carboxylic acids is 1. The van der Waals surface area contributed by atoms with Crippen molar-refractivity contribution in [1.82, 2.24) is 14.6 Å². The highest BCUT2D eigenvalue weighted by atomic mass is 35.5. The zero-order valence-corrected chi connectivity index (χ0v) is 15.9. The van der Waals surface area contributed by atoms with E-state index in [1.165, 1.54) is 11.3 Å². The molecule has 0 aliphatic carbocycles. The standard InChI is InChI=1S/C15H13Cl3N4OS/c1-15(2,7-16)12(23)19-13-20-14-22(21-13)11(6-24-14)9-4-3-8(17)5-10(9)18/h3-6H,7H2,1-2H3,(H,19,21,23). The first-order valence-corrected chi connectivity index (χ1v) is 9.16. The molecule has 0 aliphatic rings. The molecular weight excluding hydrogens is 391 g/mol. The molecule has 1 aromatic carbocycles. The second-order valence-corrected chi connectivity index (χ2v) is 7.79. The number of rotatable bonds is 4. The van der Waals surface area contributed by atoms with Crippen molar-refractivity contribution in [2.24, 2.45) is 5.41 Å². The van der Waals surface area contributed by atoms with Crippen molar-refractivity contribution in [3.63, 3.8) is 0 Å². The Kier molecular flexibility index (Phi) is 4.75. The summed E-state index contributed by atoms with van der Waals surface area (Å²) in [6.07, 6.45) is 0. The highest BCUT2D eigenvalue weighted by Gasteiger charge is 2.27. The molecule has 0 atom stereocenters. The van der Waals surface area contributed by atoms with Crippen molar-refractivity contribution in [2.75, 3.05) is 11.2 Å².